The van der Waals surface area contributed by atoms with E-state index in [1.165, 1.54) is 11.6 Å². The highest BCUT2D eigenvalue weighted by Gasteiger charge is 2.24. The van der Waals surface area contributed by atoms with E-state index in [2.05, 4.69) is 21.7 Å². The Morgan fingerprint density at radius 1 is 1.22 bits per heavy atom. The second kappa shape index (κ2) is 7.19. The van der Waals surface area contributed by atoms with Crippen LogP contribution >= 0.6 is 11.3 Å². The van der Waals surface area contributed by atoms with E-state index in [-0.39, 0.29) is 17.5 Å². The first-order valence-electron chi connectivity index (χ1n) is 7.64. The maximum atomic E-state index is 13.2. The van der Waals surface area contributed by atoms with Gasteiger partial charge in [0.2, 0.25) is 0 Å². The molecule has 3 nitrogen and oxygen atoms in total. The number of halogens is 2. The van der Waals surface area contributed by atoms with Gasteiger partial charge in [0, 0.05) is 12.1 Å². The van der Waals surface area contributed by atoms with Gasteiger partial charge in [-0.1, -0.05) is 0 Å². The smallest absolute Gasteiger partial charge is 0.251 e. The summed E-state index contributed by atoms with van der Waals surface area (Å²) in [7, 11) is 0. The van der Waals surface area contributed by atoms with Gasteiger partial charge in [-0.05, 0) is 66.5 Å². The van der Waals surface area contributed by atoms with Crippen LogP contribution in [0.4, 0.5) is 8.78 Å². The van der Waals surface area contributed by atoms with Crippen LogP contribution in [-0.2, 0) is 0 Å². The van der Waals surface area contributed by atoms with Gasteiger partial charge in [0.1, 0.15) is 0 Å². The van der Waals surface area contributed by atoms with E-state index in [1.54, 1.807) is 11.3 Å². The molecule has 23 heavy (non-hydrogen) atoms. The number of thiophene rings is 1. The Morgan fingerprint density at radius 2 is 2.00 bits per heavy atom. The lowest BCUT2D eigenvalue weighted by atomic mass is 10.1. The van der Waals surface area contributed by atoms with E-state index < -0.39 is 11.6 Å². The highest BCUT2D eigenvalue weighted by atomic mass is 32.1. The summed E-state index contributed by atoms with van der Waals surface area (Å²) >= 11 is 1.63. The third kappa shape index (κ3) is 3.76. The number of likely N-dealkylation sites (tertiary alicyclic amines) is 1. The molecule has 2 aromatic rings. The number of carbonyl (C=O) groups is 1. The summed E-state index contributed by atoms with van der Waals surface area (Å²) in [5.41, 5.74) is 1.32. The third-order valence-electron chi connectivity index (χ3n) is 4.15. The summed E-state index contributed by atoms with van der Waals surface area (Å²) in [5.74, 6) is -2.34. The topological polar surface area (TPSA) is 32.3 Å². The molecule has 1 saturated heterocycles. The van der Waals surface area contributed by atoms with Crippen LogP contribution in [0.2, 0.25) is 0 Å². The van der Waals surface area contributed by atoms with Crippen LogP contribution in [0.3, 0.4) is 0 Å². The van der Waals surface area contributed by atoms with E-state index in [9.17, 15) is 13.6 Å². The third-order valence-corrected chi connectivity index (χ3v) is 4.85. The van der Waals surface area contributed by atoms with Crippen LogP contribution in [0, 0.1) is 11.6 Å². The van der Waals surface area contributed by atoms with E-state index in [0.717, 1.165) is 38.1 Å². The van der Waals surface area contributed by atoms with E-state index in [1.807, 2.05) is 5.38 Å². The molecule has 0 aliphatic carbocycles. The Balaban J connectivity index is 1.68. The zero-order chi connectivity index (χ0) is 16.2. The number of nitrogens with zero attached hydrogens (tertiary/aromatic N) is 1. The summed E-state index contributed by atoms with van der Waals surface area (Å²) in [4.78, 5) is 14.5. The molecule has 1 amide bonds. The lowest BCUT2D eigenvalue weighted by Gasteiger charge is -2.27. The quantitative estimate of drug-likeness (QED) is 0.905. The summed E-state index contributed by atoms with van der Waals surface area (Å²) in [6.45, 7) is 2.48. The van der Waals surface area contributed by atoms with Gasteiger partial charge in [0.25, 0.3) is 5.91 Å². The highest BCUT2D eigenvalue weighted by Crippen LogP contribution is 2.26. The first kappa shape index (κ1) is 16.1. The van der Waals surface area contributed by atoms with Crippen molar-refractivity contribution in [2.45, 2.75) is 18.9 Å². The summed E-state index contributed by atoms with van der Waals surface area (Å²) < 4.78 is 26.2. The monoisotopic (exact) mass is 336 g/mol. The first-order valence-corrected chi connectivity index (χ1v) is 8.59. The average Bonchev–Trinajstić information content (AvgIpc) is 3.24. The van der Waals surface area contributed by atoms with Gasteiger partial charge in [0.05, 0.1) is 6.04 Å². The molecule has 1 aliphatic rings. The molecule has 1 unspecified atom stereocenters. The number of hydrogen-bond acceptors (Lipinski definition) is 3. The second-order valence-corrected chi connectivity index (χ2v) is 6.43. The van der Waals surface area contributed by atoms with E-state index in [0.29, 0.717) is 6.54 Å². The van der Waals surface area contributed by atoms with Gasteiger partial charge in [-0.15, -0.1) is 0 Å². The van der Waals surface area contributed by atoms with Crippen molar-refractivity contribution in [3.05, 3.63) is 57.8 Å². The minimum Gasteiger partial charge on any atom is -0.350 e. The molecule has 1 atom stereocenters. The van der Waals surface area contributed by atoms with Crippen molar-refractivity contribution in [2.75, 3.05) is 19.6 Å². The Kier molecular flexibility index (Phi) is 5.03. The molecular formula is C17H18F2N2OS. The summed E-state index contributed by atoms with van der Waals surface area (Å²) in [6.07, 6.45) is 2.33. The first-order chi connectivity index (χ1) is 11.1. The lowest BCUT2D eigenvalue weighted by Crippen LogP contribution is -2.36. The Hall–Kier alpha value is -1.79. The maximum absolute atomic E-state index is 13.2. The fourth-order valence-electron chi connectivity index (χ4n) is 2.90. The van der Waals surface area contributed by atoms with Gasteiger partial charge < -0.3 is 5.32 Å². The van der Waals surface area contributed by atoms with Crippen LogP contribution in [0.25, 0.3) is 0 Å². The zero-order valence-electron chi connectivity index (χ0n) is 12.6. The summed E-state index contributed by atoms with van der Waals surface area (Å²) in [6, 6.07) is 5.39. The number of nitrogens with one attached hydrogen (secondary N) is 1. The maximum Gasteiger partial charge on any atom is 0.251 e. The minimum atomic E-state index is -1.01. The Morgan fingerprint density at radius 3 is 2.65 bits per heavy atom. The van der Waals surface area contributed by atoms with Crippen molar-refractivity contribution < 1.29 is 13.6 Å². The number of benzene rings is 1. The molecule has 0 bridgehead atoms. The van der Waals surface area contributed by atoms with Gasteiger partial charge in [0.15, 0.2) is 11.6 Å². The molecule has 1 N–H and O–H groups in total. The van der Waals surface area contributed by atoms with Crippen LogP contribution in [0.5, 0.6) is 0 Å². The Bertz CT molecular complexity index is 669. The van der Waals surface area contributed by atoms with Crippen molar-refractivity contribution in [2.24, 2.45) is 0 Å². The molecule has 0 spiro atoms. The zero-order valence-corrected chi connectivity index (χ0v) is 13.4. The molecule has 0 saturated carbocycles. The van der Waals surface area contributed by atoms with Crippen molar-refractivity contribution in [3.8, 4) is 0 Å². The van der Waals surface area contributed by atoms with Crippen molar-refractivity contribution in [1.82, 2.24) is 10.2 Å². The molecule has 2 heterocycles. The fourth-order valence-corrected chi connectivity index (χ4v) is 3.61. The Labute approximate surface area is 137 Å². The minimum absolute atomic E-state index is 0.123. The normalized spacial score (nSPS) is 16.4. The molecule has 1 aromatic heterocycles. The summed E-state index contributed by atoms with van der Waals surface area (Å²) in [5, 5.41) is 6.96. The second-order valence-electron chi connectivity index (χ2n) is 5.65. The number of carbonyl (C=O) groups excluding carboxylic acids is 1. The van der Waals surface area contributed by atoms with Crippen LogP contribution in [0.15, 0.2) is 35.0 Å². The number of hydrogen-bond donors (Lipinski definition) is 1. The van der Waals surface area contributed by atoms with Crippen molar-refractivity contribution in [1.29, 1.82) is 0 Å². The molecule has 0 radical (unpaired) electrons. The molecule has 1 aromatic carbocycles. The van der Waals surface area contributed by atoms with Crippen LogP contribution in [-0.4, -0.2) is 30.4 Å². The average molecular weight is 336 g/mol. The van der Waals surface area contributed by atoms with Gasteiger partial charge in [-0.2, -0.15) is 11.3 Å². The van der Waals surface area contributed by atoms with Crippen molar-refractivity contribution >= 4 is 17.2 Å². The van der Waals surface area contributed by atoms with Gasteiger partial charge in [-0.25, -0.2) is 8.78 Å². The number of rotatable bonds is 5. The SMILES string of the molecule is O=C(NCC(c1ccsc1)N1CCCC1)c1ccc(F)c(F)c1. The predicted octanol–water partition coefficient (Wildman–Crippen LogP) is 3.59. The molecule has 1 fully saturated rings. The lowest BCUT2D eigenvalue weighted by molar-refractivity contribution is 0.0937. The van der Waals surface area contributed by atoms with Crippen LogP contribution < -0.4 is 5.32 Å². The molecule has 1 aliphatic heterocycles. The van der Waals surface area contributed by atoms with E-state index >= 15 is 0 Å². The largest absolute Gasteiger partial charge is 0.350 e. The van der Waals surface area contributed by atoms with Gasteiger partial charge in [-0.3, -0.25) is 9.69 Å². The van der Waals surface area contributed by atoms with E-state index in [4.69, 9.17) is 0 Å². The van der Waals surface area contributed by atoms with Crippen molar-refractivity contribution in [3.63, 3.8) is 0 Å². The predicted molar refractivity (Wildman–Crippen MR) is 86.6 cm³/mol. The van der Waals surface area contributed by atoms with Gasteiger partial charge >= 0.3 is 0 Å². The molecule has 3 rings (SSSR count). The fraction of sp³-hybridized carbons (Fsp3) is 0.353. The molecule has 6 heteroatoms. The standard InChI is InChI=1S/C17H18F2N2OS/c18-14-4-3-12(9-15(14)19)17(22)20-10-16(13-5-8-23-11-13)21-6-1-2-7-21/h3-5,8-9,11,16H,1-2,6-7,10H2,(H,20,22). The number of amides is 1. The van der Waals surface area contributed by atoms with Crippen LogP contribution in [0.1, 0.15) is 34.8 Å². The molecule has 122 valence electrons. The highest BCUT2D eigenvalue weighted by molar-refractivity contribution is 7.07. The molecular weight excluding hydrogens is 318 g/mol.